The van der Waals surface area contributed by atoms with Crippen molar-refractivity contribution < 1.29 is 0 Å². The summed E-state index contributed by atoms with van der Waals surface area (Å²) in [5.41, 5.74) is 0.557. The summed E-state index contributed by atoms with van der Waals surface area (Å²) in [6, 6.07) is 0. The minimum absolute atomic E-state index is 0.557. The van der Waals surface area contributed by atoms with Gasteiger partial charge in [0, 0.05) is 19.6 Å². The van der Waals surface area contributed by atoms with E-state index in [1.54, 1.807) is 0 Å². The second kappa shape index (κ2) is 7.29. The van der Waals surface area contributed by atoms with Crippen LogP contribution in [-0.4, -0.2) is 37.6 Å². The molecule has 1 fully saturated rings. The fourth-order valence-electron chi connectivity index (χ4n) is 2.45. The van der Waals surface area contributed by atoms with E-state index in [1.165, 1.54) is 64.8 Å². The summed E-state index contributed by atoms with van der Waals surface area (Å²) in [5.74, 6) is 0. The van der Waals surface area contributed by atoms with E-state index in [-0.39, 0.29) is 0 Å². The van der Waals surface area contributed by atoms with Crippen molar-refractivity contribution >= 4 is 0 Å². The topological polar surface area (TPSA) is 15.3 Å². The lowest BCUT2D eigenvalue weighted by Crippen LogP contribution is -2.32. The molecule has 0 bridgehead atoms. The van der Waals surface area contributed by atoms with Gasteiger partial charge in [0.05, 0.1) is 0 Å². The molecule has 2 heteroatoms. The third kappa shape index (κ3) is 5.86. The molecule has 16 heavy (non-hydrogen) atoms. The zero-order valence-corrected chi connectivity index (χ0v) is 11.5. The highest BCUT2D eigenvalue weighted by molar-refractivity contribution is 4.82. The van der Waals surface area contributed by atoms with Crippen molar-refractivity contribution in [1.82, 2.24) is 10.2 Å². The van der Waals surface area contributed by atoms with E-state index in [1.807, 2.05) is 0 Å². The third-order valence-corrected chi connectivity index (χ3v) is 3.57. The van der Waals surface area contributed by atoms with Crippen LogP contribution in [0, 0.1) is 5.41 Å². The number of unbranched alkanes of at least 4 members (excludes halogenated alkanes) is 3. The molecule has 0 amide bonds. The molecule has 0 aliphatic carbocycles. The molecule has 0 aromatic carbocycles. The van der Waals surface area contributed by atoms with E-state index in [0.29, 0.717) is 5.41 Å². The van der Waals surface area contributed by atoms with E-state index in [0.717, 1.165) is 0 Å². The van der Waals surface area contributed by atoms with Crippen molar-refractivity contribution in [3.8, 4) is 0 Å². The van der Waals surface area contributed by atoms with Crippen molar-refractivity contribution in [2.45, 2.75) is 52.9 Å². The molecule has 0 saturated carbocycles. The summed E-state index contributed by atoms with van der Waals surface area (Å²) in [4.78, 5) is 2.60. The van der Waals surface area contributed by atoms with Gasteiger partial charge in [0.25, 0.3) is 0 Å². The minimum atomic E-state index is 0.557. The lowest BCUT2D eigenvalue weighted by Gasteiger charge is -2.19. The summed E-state index contributed by atoms with van der Waals surface area (Å²) < 4.78 is 0. The van der Waals surface area contributed by atoms with Crippen LogP contribution < -0.4 is 5.32 Å². The second-order valence-electron chi connectivity index (χ2n) is 6.00. The highest BCUT2D eigenvalue weighted by Gasteiger charge is 2.28. The molecular formula is C14H30N2. The molecule has 1 N–H and O–H groups in total. The first-order valence-electron chi connectivity index (χ1n) is 7.07. The van der Waals surface area contributed by atoms with Gasteiger partial charge in [-0.05, 0) is 31.3 Å². The molecule has 0 radical (unpaired) electrons. The van der Waals surface area contributed by atoms with Gasteiger partial charge in [0.15, 0.2) is 0 Å². The summed E-state index contributed by atoms with van der Waals surface area (Å²) >= 11 is 0. The summed E-state index contributed by atoms with van der Waals surface area (Å²) in [7, 11) is 0. The van der Waals surface area contributed by atoms with Gasteiger partial charge in [-0.1, -0.05) is 40.0 Å². The van der Waals surface area contributed by atoms with Crippen LogP contribution in [0.1, 0.15) is 52.9 Å². The number of hydrogen-bond acceptors (Lipinski definition) is 2. The van der Waals surface area contributed by atoms with Crippen LogP contribution in [0.2, 0.25) is 0 Å². The molecule has 1 rings (SSSR count). The van der Waals surface area contributed by atoms with Crippen LogP contribution in [-0.2, 0) is 0 Å². The number of rotatable bonds is 8. The summed E-state index contributed by atoms with van der Waals surface area (Å²) in [5, 5.41) is 3.56. The summed E-state index contributed by atoms with van der Waals surface area (Å²) in [6.07, 6.45) is 6.83. The lowest BCUT2D eigenvalue weighted by atomic mass is 9.93. The Kier molecular flexibility index (Phi) is 6.37. The fourth-order valence-corrected chi connectivity index (χ4v) is 2.45. The molecule has 0 atom stereocenters. The standard InChI is InChI=1S/C14H30N2/c1-4-5-6-7-9-15-10-12-16-11-8-14(2,3)13-16/h15H,4-13H2,1-3H3. The van der Waals surface area contributed by atoms with Crippen LogP contribution in [0.3, 0.4) is 0 Å². The second-order valence-corrected chi connectivity index (χ2v) is 6.00. The quantitative estimate of drug-likeness (QED) is 0.640. The Hall–Kier alpha value is -0.0800. The van der Waals surface area contributed by atoms with Crippen molar-refractivity contribution in [2.24, 2.45) is 5.41 Å². The molecule has 96 valence electrons. The van der Waals surface area contributed by atoms with Crippen LogP contribution in [0.5, 0.6) is 0 Å². The van der Waals surface area contributed by atoms with E-state index in [4.69, 9.17) is 0 Å². The molecule has 0 spiro atoms. The Bertz CT molecular complexity index is 178. The maximum absolute atomic E-state index is 3.56. The van der Waals surface area contributed by atoms with Gasteiger partial charge in [-0.2, -0.15) is 0 Å². The smallest absolute Gasteiger partial charge is 0.0107 e. The number of nitrogens with zero attached hydrogens (tertiary/aromatic N) is 1. The summed E-state index contributed by atoms with van der Waals surface area (Å²) in [6.45, 7) is 13.2. The Labute approximate surface area is 102 Å². The van der Waals surface area contributed by atoms with Crippen molar-refractivity contribution in [3.05, 3.63) is 0 Å². The SMILES string of the molecule is CCCCCCNCCN1CCC(C)(C)C1. The highest BCUT2D eigenvalue weighted by Crippen LogP contribution is 2.28. The van der Waals surface area contributed by atoms with Crippen molar-refractivity contribution in [2.75, 3.05) is 32.7 Å². The average molecular weight is 226 g/mol. The first-order valence-corrected chi connectivity index (χ1v) is 7.07. The molecule has 1 aliphatic heterocycles. The predicted octanol–water partition coefficient (Wildman–Crippen LogP) is 2.89. The maximum atomic E-state index is 3.56. The van der Waals surface area contributed by atoms with Crippen molar-refractivity contribution in [1.29, 1.82) is 0 Å². The molecular weight excluding hydrogens is 196 g/mol. The van der Waals surface area contributed by atoms with Gasteiger partial charge >= 0.3 is 0 Å². The van der Waals surface area contributed by atoms with Gasteiger partial charge in [-0.3, -0.25) is 0 Å². The monoisotopic (exact) mass is 226 g/mol. The van der Waals surface area contributed by atoms with Crippen LogP contribution >= 0.6 is 0 Å². The van der Waals surface area contributed by atoms with Crippen LogP contribution in [0.25, 0.3) is 0 Å². The Morgan fingerprint density at radius 2 is 1.94 bits per heavy atom. The minimum Gasteiger partial charge on any atom is -0.315 e. The van der Waals surface area contributed by atoms with E-state index in [2.05, 4.69) is 31.0 Å². The first kappa shape index (κ1) is 14.0. The van der Waals surface area contributed by atoms with Gasteiger partial charge < -0.3 is 10.2 Å². The first-order chi connectivity index (χ1) is 7.64. The highest BCUT2D eigenvalue weighted by atomic mass is 15.2. The average Bonchev–Trinajstić information content (AvgIpc) is 2.57. The molecule has 2 nitrogen and oxygen atoms in total. The van der Waals surface area contributed by atoms with E-state index < -0.39 is 0 Å². The molecule has 1 saturated heterocycles. The van der Waals surface area contributed by atoms with E-state index >= 15 is 0 Å². The Morgan fingerprint density at radius 1 is 1.12 bits per heavy atom. The zero-order chi connectivity index (χ0) is 11.9. The predicted molar refractivity (Wildman–Crippen MR) is 71.8 cm³/mol. The molecule has 1 aliphatic rings. The van der Waals surface area contributed by atoms with Gasteiger partial charge in [0.1, 0.15) is 0 Å². The maximum Gasteiger partial charge on any atom is 0.0107 e. The molecule has 0 aromatic heterocycles. The largest absolute Gasteiger partial charge is 0.315 e. The third-order valence-electron chi connectivity index (χ3n) is 3.57. The Morgan fingerprint density at radius 3 is 2.56 bits per heavy atom. The van der Waals surface area contributed by atoms with Crippen LogP contribution in [0.4, 0.5) is 0 Å². The van der Waals surface area contributed by atoms with Gasteiger partial charge in [-0.25, -0.2) is 0 Å². The van der Waals surface area contributed by atoms with Crippen molar-refractivity contribution in [3.63, 3.8) is 0 Å². The van der Waals surface area contributed by atoms with Gasteiger partial charge in [0.2, 0.25) is 0 Å². The van der Waals surface area contributed by atoms with Gasteiger partial charge in [-0.15, -0.1) is 0 Å². The number of hydrogen-bond donors (Lipinski definition) is 1. The number of nitrogens with one attached hydrogen (secondary N) is 1. The molecule has 1 heterocycles. The Balaban J connectivity index is 1.88. The molecule has 0 aromatic rings. The zero-order valence-electron chi connectivity index (χ0n) is 11.5. The fraction of sp³-hybridized carbons (Fsp3) is 1.00. The van der Waals surface area contributed by atoms with Crippen LogP contribution in [0.15, 0.2) is 0 Å². The lowest BCUT2D eigenvalue weighted by molar-refractivity contribution is 0.290. The number of likely N-dealkylation sites (tertiary alicyclic amines) is 1. The molecule has 0 unspecified atom stereocenters. The van der Waals surface area contributed by atoms with E-state index in [9.17, 15) is 0 Å². The normalized spacial score (nSPS) is 20.4.